The van der Waals surface area contributed by atoms with Crippen molar-refractivity contribution in [1.29, 1.82) is 0 Å². The topological polar surface area (TPSA) is 43.8 Å². The Hall–Kier alpha value is -1.27. The van der Waals surface area contributed by atoms with E-state index in [-0.39, 0.29) is 6.04 Å². The van der Waals surface area contributed by atoms with Crippen LogP contribution in [0.25, 0.3) is 0 Å². The Morgan fingerprint density at radius 1 is 1.44 bits per heavy atom. The highest BCUT2D eigenvalue weighted by atomic mass is 15.1. The number of imidazole rings is 1. The number of nitrogens with zero attached hydrogens (tertiary/aromatic N) is 2. The molecule has 0 aliphatic heterocycles. The molecule has 0 fully saturated rings. The van der Waals surface area contributed by atoms with Gasteiger partial charge in [-0.15, -0.1) is 0 Å². The van der Waals surface area contributed by atoms with Crippen LogP contribution in [0.1, 0.15) is 38.9 Å². The molecule has 1 aromatic rings. The fraction of sp³-hybridized carbons (Fsp3) is 0.615. The van der Waals surface area contributed by atoms with E-state index < -0.39 is 0 Å². The first-order chi connectivity index (χ1) is 7.77. The molecule has 0 saturated carbocycles. The van der Waals surface area contributed by atoms with Crippen LogP contribution in [0.4, 0.5) is 0 Å². The number of hydrogen-bond acceptors (Lipinski definition) is 2. The van der Waals surface area contributed by atoms with E-state index in [1.807, 2.05) is 12.4 Å². The second-order valence-electron chi connectivity index (χ2n) is 3.93. The summed E-state index contributed by atoms with van der Waals surface area (Å²) in [6, 6.07) is 0.0135. The van der Waals surface area contributed by atoms with Crippen LogP contribution in [-0.4, -0.2) is 15.6 Å². The molecular formula is C13H21N3. The van der Waals surface area contributed by atoms with Crippen LogP contribution in [0.3, 0.4) is 0 Å². The van der Waals surface area contributed by atoms with Crippen molar-refractivity contribution >= 4 is 0 Å². The third-order valence-corrected chi connectivity index (χ3v) is 2.40. The fourth-order valence-corrected chi connectivity index (χ4v) is 1.60. The summed E-state index contributed by atoms with van der Waals surface area (Å²) in [5, 5.41) is 0. The van der Waals surface area contributed by atoms with Crippen LogP contribution in [0.5, 0.6) is 0 Å². The molecule has 0 radical (unpaired) electrons. The predicted octanol–water partition coefficient (Wildman–Crippen LogP) is 1.97. The highest BCUT2D eigenvalue weighted by molar-refractivity contribution is 5.12. The smallest absolute Gasteiger partial charge is 0.120 e. The molecule has 1 atom stereocenters. The second-order valence-corrected chi connectivity index (χ2v) is 3.93. The van der Waals surface area contributed by atoms with Crippen molar-refractivity contribution in [2.24, 2.45) is 5.73 Å². The van der Waals surface area contributed by atoms with Gasteiger partial charge >= 0.3 is 0 Å². The van der Waals surface area contributed by atoms with Gasteiger partial charge in [0.05, 0.1) is 12.5 Å². The van der Waals surface area contributed by atoms with Crippen LogP contribution >= 0.6 is 0 Å². The van der Waals surface area contributed by atoms with Gasteiger partial charge in [0.25, 0.3) is 0 Å². The zero-order valence-electron chi connectivity index (χ0n) is 10.2. The van der Waals surface area contributed by atoms with Crippen LogP contribution in [0.2, 0.25) is 0 Å². The summed E-state index contributed by atoms with van der Waals surface area (Å²) < 4.78 is 2.15. The van der Waals surface area contributed by atoms with Gasteiger partial charge < -0.3 is 10.3 Å². The highest BCUT2D eigenvalue weighted by Gasteiger charge is 1.99. The van der Waals surface area contributed by atoms with E-state index >= 15 is 0 Å². The summed E-state index contributed by atoms with van der Waals surface area (Å²) in [7, 11) is 0. The average molecular weight is 219 g/mol. The van der Waals surface area contributed by atoms with E-state index in [1.165, 1.54) is 0 Å². The molecule has 1 unspecified atom stereocenters. The summed E-state index contributed by atoms with van der Waals surface area (Å²) in [5.74, 6) is 7.22. The van der Waals surface area contributed by atoms with Crippen molar-refractivity contribution < 1.29 is 0 Å². The lowest BCUT2D eigenvalue weighted by Gasteiger charge is -2.03. The first-order valence-corrected chi connectivity index (χ1v) is 6.01. The van der Waals surface area contributed by atoms with Crippen molar-refractivity contribution in [3.05, 3.63) is 18.2 Å². The lowest BCUT2D eigenvalue weighted by molar-refractivity contribution is 0.650. The van der Waals surface area contributed by atoms with Gasteiger partial charge in [-0.1, -0.05) is 32.1 Å². The van der Waals surface area contributed by atoms with E-state index in [0.29, 0.717) is 6.42 Å². The van der Waals surface area contributed by atoms with Crippen LogP contribution in [0, 0.1) is 11.8 Å². The maximum atomic E-state index is 5.82. The molecule has 0 saturated heterocycles. The van der Waals surface area contributed by atoms with Gasteiger partial charge in [0.2, 0.25) is 0 Å². The minimum atomic E-state index is 0.0135. The Balaban J connectivity index is 2.50. The van der Waals surface area contributed by atoms with Gasteiger partial charge in [-0.25, -0.2) is 4.98 Å². The van der Waals surface area contributed by atoms with E-state index in [4.69, 9.17) is 5.73 Å². The largest absolute Gasteiger partial charge is 0.334 e. The summed E-state index contributed by atoms with van der Waals surface area (Å²) in [6.07, 6.45) is 7.71. The Morgan fingerprint density at radius 3 is 2.94 bits per heavy atom. The third-order valence-electron chi connectivity index (χ3n) is 2.40. The van der Waals surface area contributed by atoms with E-state index in [0.717, 1.165) is 31.6 Å². The second kappa shape index (κ2) is 7.08. The van der Waals surface area contributed by atoms with Gasteiger partial charge in [0.15, 0.2) is 0 Å². The SMILES string of the molecule is CCCC(N)C#CCc1nccn1CCC. The molecule has 1 rings (SSSR count). The number of hydrogen-bond donors (Lipinski definition) is 1. The summed E-state index contributed by atoms with van der Waals surface area (Å²) >= 11 is 0. The molecule has 16 heavy (non-hydrogen) atoms. The van der Waals surface area contributed by atoms with Crippen molar-refractivity contribution in [1.82, 2.24) is 9.55 Å². The highest BCUT2D eigenvalue weighted by Crippen LogP contribution is 2.00. The monoisotopic (exact) mass is 219 g/mol. The van der Waals surface area contributed by atoms with E-state index in [2.05, 4.69) is 35.2 Å². The van der Waals surface area contributed by atoms with Crippen molar-refractivity contribution in [2.45, 2.75) is 52.1 Å². The van der Waals surface area contributed by atoms with Gasteiger partial charge in [-0.3, -0.25) is 0 Å². The number of nitrogens with two attached hydrogens (primary N) is 1. The third kappa shape index (κ3) is 4.08. The lowest BCUT2D eigenvalue weighted by Crippen LogP contribution is -2.16. The Labute approximate surface area is 98.1 Å². The van der Waals surface area contributed by atoms with Crippen LogP contribution in [-0.2, 0) is 13.0 Å². The first-order valence-electron chi connectivity index (χ1n) is 6.01. The Kier molecular flexibility index (Phi) is 5.66. The van der Waals surface area contributed by atoms with Gasteiger partial charge in [0.1, 0.15) is 5.82 Å². The fourth-order valence-electron chi connectivity index (χ4n) is 1.60. The number of aromatic nitrogens is 2. The van der Waals surface area contributed by atoms with Crippen LogP contribution in [0.15, 0.2) is 12.4 Å². The van der Waals surface area contributed by atoms with E-state index in [9.17, 15) is 0 Å². The first kappa shape index (κ1) is 12.8. The van der Waals surface area contributed by atoms with Crippen LogP contribution < -0.4 is 5.73 Å². The molecule has 0 aromatic carbocycles. The molecule has 3 heteroatoms. The molecule has 0 aliphatic rings. The molecule has 88 valence electrons. The van der Waals surface area contributed by atoms with Gasteiger partial charge in [-0.05, 0) is 12.8 Å². The zero-order valence-corrected chi connectivity index (χ0v) is 10.2. The molecule has 1 heterocycles. The minimum Gasteiger partial charge on any atom is -0.334 e. The summed E-state index contributed by atoms with van der Waals surface area (Å²) in [4.78, 5) is 4.30. The minimum absolute atomic E-state index is 0.0135. The van der Waals surface area contributed by atoms with Crippen molar-refractivity contribution in [2.75, 3.05) is 0 Å². The predicted molar refractivity (Wildman–Crippen MR) is 66.9 cm³/mol. The van der Waals surface area contributed by atoms with E-state index in [1.54, 1.807) is 0 Å². The lowest BCUT2D eigenvalue weighted by atomic mass is 10.2. The Morgan fingerprint density at radius 2 is 2.25 bits per heavy atom. The molecular weight excluding hydrogens is 198 g/mol. The molecule has 0 amide bonds. The number of aryl methyl sites for hydroxylation is 1. The maximum absolute atomic E-state index is 5.82. The maximum Gasteiger partial charge on any atom is 0.120 e. The molecule has 3 nitrogen and oxygen atoms in total. The standard InChI is InChI=1S/C13H21N3/c1-3-6-12(14)7-5-8-13-15-9-11-16(13)10-4-2/h9,11-12H,3-4,6,8,10,14H2,1-2H3. The normalized spacial score (nSPS) is 11.9. The molecule has 0 bridgehead atoms. The zero-order chi connectivity index (χ0) is 11.8. The molecule has 0 spiro atoms. The Bertz CT molecular complexity index is 357. The van der Waals surface area contributed by atoms with Gasteiger partial charge in [-0.2, -0.15) is 0 Å². The van der Waals surface area contributed by atoms with Crippen molar-refractivity contribution in [3.8, 4) is 11.8 Å². The quantitative estimate of drug-likeness (QED) is 0.769. The van der Waals surface area contributed by atoms with Crippen molar-refractivity contribution in [3.63, 3.8) is 0 Å². The molecule has 0 aliphatic carbocycles. The summed E-state index contributed by atoms with van der Waals surface area (Å²) in [6.45, 7) is 5.29. The average Bonchev–Trinajstić information content (AvgIpc) is 2.67. The summed E-state index contributed by atoms with van der Waals surface area (Å²) in [5.41, 5.74) is 5.82. The van der Waals surface area contributed by atoms with Gasteiger partial charge in [0, 0.05) is 18.9 Å². The number of rotatable bonds is 5. The molecule has 2 N–H and O–H groups in total. The molecule has 1 aromatic heterocycles.